The van der Waals surface area contributed by atoms with Gasteiger partial charge in [-0.1, -0.05) is 12.1 Å². The lowest BCUT2D eigenvalue weighted by Gasteiger charge is -2.15. The summed E-state index contributed by atoms with van der Waals surface area (Å²) in [5.41, 5.74) is 2.98. The van der Waals surface area contributed by atoms with Crippen molar-refractivity contribution in [2.24, 2.45) is 7.05 Å². The third kappa shape index (κ3) is 3.92. The SMILES string of the molecule is COc1c(CN[C@@H](C)c2ccc(S(C)(=O)=O)cc2)c(C)nn1C. The lowest BCUT2D eigenvalue weighted by Crippen LogP contribution is -2.19. The molecule has 2 aromatic rings. The number of hydrogen-bond donors (Lipinski definition) is 1. The Morgan fingerprint density at radius 3 is 2.43 bits per heavy atom. The summed E-state index contributed by atoms with van der Waals surface area (Å²) in [5, 5.41) is 7.78. The predicted octanol–water partition coefficient (Wildman–Crippen LogP) is 1.99. The molecule has 0 bridgehead atoms. The summed E-state index contributed by atoms with van der Waals surface area (Å²) in [7, 11) is 0.322. The van der Waals surface area contributed by atoms with Crippen molar-refractivity contribution in [3.63, 3.8) is 0 Å². The fraction of sp³-hybridized carbons (Fsp3) is 0.438. The van der Waals surface area contributed by atoms with Crippen molar-refractivity contribution >= 4 is 9.84 Å². The van der Waals surface area contributed by atoms with Crippen molar-refractivity contribution in [1.29, 1.82) is 0 Å². The second-order valence-electron chi connectivity index (χ2n) is 5.64. The first kappa shape index (κ1) is 17.5. The van der Waals surface area contributed by atoms with E-state index in [0.29, 0.717) is 11.4 Å². The molecule has 1 atom stereocenters. The number of rotatable bonds is 6. The highest BCUT2D eigenvalue weighted by molar-refractivity contribution is 7.90. The first-order valence-corrected chi connectivity index (χ1v) is 9.23. The average Bonchev–Trinajstić information content (AvgIpc) is 2.77. The molecule has 0 saturated carbocycles. The van der Waals surface area contributed by atoms with E-state index >= 15 is 0 Å². The molecule has 7 heteroatoms. The van der Waals surface area contributed by atoms with Gasteiger partial charge < -0.3 is 10.1 Å². The third-order valence-electron chi connectivity index (χ3n) is 3.88. The fourth-order valence-corrected chi connectivity index (χ4v) is 3.15. The molecule has 1 aromatic carbocycles. The fourth-order valence-electron chi connectivity index (χ4n) is 2.52. The van der Waals surface area contributed by atoms with Crippen LogP contribution >= 0.6 is 0 Å². The van der Waals surface area contributed by atoms with E-state index in [-0.39, 0.29) is 6.04 Å². The van der Waals surface area contributed by atoms with Gasteiger partial charge in [-0.15, -0.1) is 0 Å². The molecule has 1 N–H and O–H groups in total. The van der Waals surface area contributed by atoms with Gasteiger partial charge in [-0.2, -0.15) is 5.10 Å². The summed E-state index contributed by atoms with van der Waals surface area (Å²) in [6.45, 7) is 4.61. The van der Waals surface area contributed by atoms with Crippen LogP contribution in [0.15, 0.2) is 29.2 Å². The van der Waals surface area contributed by atoms with Crippen LogP contribution in [-0.2, 0) is 23.4 Å². The second-order valence-corrected chi connectivity index (χ2v) is 7.66. The van der Waals surface area contributed by atoms with Gasteiger partial charge in [-0.25, -0.2) is 13.1 Å². The Bertz CT molecular complexity index is 780. The standard InChI is InChI=1S/C16H23N3O3S/c1-11(13-6-8-14(9-7-13)23(5,20)21)17-10-15-12(2)18-19(3)16(15)22-4/h6-9,11,17H,10H2,1-5H3/t11-/m0/s1. The van der Waals surface area contributed by atoms with Crippen LogP contribution in [-0.4, -0.2) is 31.6 Å². The third-order valence-corrected chi connectivity index (χ3v) is 5.00. The normalized spacial score (nSPS) is 13.1. The highest BCUT2D eigenvalue weighted by atomic mass is 32.2. The van der Waals surface area contributed by atoms with Crippen LogP contribution in [0.3, 0.4) is 0 Å². The smallest absolute Gasteiger partial charge is 0.216 e. The Morgan fingerprint density at radius 2 is 1.91 bits per heavy atom. The van der Waals surface area contributed by atoms with Gasteiger partial charge in [0.15, 0.2) is 9.84 Å². The molecule has 0 spiro atoms. The van der Waals surface area contributed by atoms with Gasteiger partial charge >= 0.3 is 0 Å². The van der Waals surface area contributed by atoms with E-state index in [1.54, 1.807) is 23.9 Å². The molecule has 0 radical (unpaired) electrons. The molecule has 126 valence electrons. The lowest BCUT2D eigenvalue weighted by molar-refractivity contribution is 0.367. The van der Waals surface area contributed by atoms with E-state index in [9.17, 15) is 8.42 Å². The summed E-state index contributed by atoms with van der Waals surface area (Å²) in [4.78, 5) is 0.332. The average molecular weight is 337 g/mol. The quantitative estimate of drug-likeness (QED) is 0.873. The molecular weight excluding hydrogens is 314 g/mol. The van der Waals surface area contributed by atoms with E-state index in [1.807, 2.05) is 33.0 Å². The van der Waals surface area contributed by atoms with Crippen molar-refractivity contribution in [3.8, 4) is 5.88 Å². The van der Waals surface area contributed by atoms with Crippen molar-refractivity contribution in [3.05, 3.63) is 41.1 Å². The first-order chi connectivity index (χ1) is 10.7. The van der Waals surface area contributed by atoms with E-state index in [2.05, 4.69) is 10.4 Å². The Morgan fingerprint density at radius 1 is 1.30 bits per heavy atom. The Kier molecular flexibility index (Phi) is 5.11. The molecule has 0 fully saturated rings. The van der Waals surface area contributed by atoms with Crippen LogP contribution in [0.25, 0.3) is 0 Å². The summed E-state index contributed by atoms with van der Waals surface area (Å²) < 4.78 is 30.1. The molecule has 0 unspecified atom stereocenters. The zero-order valence-electron chi connectivity index (χ0n) is 14.1. The number of hydrogen-bond acceptors (Lipinski definition) is 5. The molecule has 1 heterocycles. The molecule has 6 nitrogen and oxygen atoms in total. The van der Waals surface area contributed by atoms with Gasteiger partial charge in [0, 0.05) is 25.9 Å². The number of methoxy groups -OCH3 is 1. The lowest BCUT2D eigenvalue weighted by atomic mass is 10.1. The maximum Gasteiger partial charge on any atom is 0.216 e. The molecule has 0 aliphatic rings. The number of benzene rings is 1. The van der Waals surface area contributed by atoms with Gasteiger partial charge in [-0.05, 0) is 31.5 Å². The molecular formula is C16H23N3O3S. The molecule has 23 heavy (non-hydrogen) atoms. The highest BCUT2D eigenvalue weighted by Crippen LogP contribution is 2.22. The van der Waals surface area contributed by atoms with E-state index < -0.39 is 9.84 Å². The maximum absolute atomic E-state index is 11.5. The first-order valence-electron chi connectivity index (χ1n) is 7.34. The number of nitrogens with zero attached hydrogens (tertiary/aromatic N) is 2. The number of ether oxygens (including phenoxy) is 1. The summed E-state index contributed by atoms with van der Waals surface area (Å²) >= 11 is 0. The second kappa shape index (κ2) is 6.72. The number of nitrogens with one attached hydrogen (secondary N) is 1. The molecule has 0 aliphatic heterocycles. The zero-order chi connectivity index (χ0) is 17.2. The molecule has 0 amide bonds. The van der Waals surface area contributed by atoms with Gasteiger partial charge in [-0.3, -0.25) is 0 Å². The highest BCUT2D eigenvalue weighted by Gasteiger charge is 2.15. The zero-order valence-corrected chi connectivity index (χ0v) is 14.9. The van der Waals surface area contributed by atoms with Gasteiger partial charge in [0.1, 0.15) is 0 Å². The Balaban J connectivity index is 2.10. The molecule has 0 saturated heterocycles. The number of sulfone groups is 1. The summed E-state index contributed by atoms with van der Waals surface area (Å²) in [6, 6.07) is 7.02. The maximum atomic E-state index is 11.5. The molecule has 0 aliphatic carbocycles. The monoisotopic (exact) mass is 337 g/mol. The van der Waals surface area contributed by atoms with Crippen molar-refractivity contribution in [1.82, 2.24) is 15.1 Å². The minimum absolute atomic E-state index is 0.0768. The molecule has 2 rings (SSSR count). The topological polar surface area (TPSA) is 73.2 Å². The van der Waals surface area contributed by atoms with Crippen molar-refractivity contribution in [2.75, 3.05) is 13.4 Å². The van der Waals surface area contributed by atoms with Gasteiger partial charge in [0.2, 0.25) is 5.88 Å². The van der Waals surface area contributed by atoms with Crippen LogP contribution < -0.4 is 10.1 Å². The van der Waals surface area contributed by atoms with Crippen LogP contribution in [0.5, 0.6) is 5.88 Å². The van der Waals surface area contributed by atoms with Gasteiger partial charge in [0.25, 0.3) is 0 Å². The summed E-state index contributed by atoms with van der Waals surface area (Å²) in [5.74, 6) is 0.745. The minimum Gasteiger partial charge on any atom is -0.481 e. The van der Waals surface area contributed by atoms with Crippen LogP contribution in [0.1, 0.15) is 29.8 Å². The Hall–Kier alpha value is -1.86. The Labute approximate surface area is 137 Å². The van der Waals surface area contributed by atoms with Crippen LogP contribution in [0.2, 0.25) is 0 Å². The van der Waals surface area contributed by atoms with Crippen LogP contribution in [0, 0.1) is 6.92 Å². The predicted molar refractivity (Wildman–Crippen MR) is 89.3 cm³/mol. The van der Waals surface area contributed by atoms with Gasteiger partial charge in [0.05, 0.1) is 23.3 Å². The van der Waals surface area contributed by atoms with E-state index in [1.165, 1.54) is 6.26 Å². The van der Waals surface area contributed by atoms with E-state index in [0.717, 1.165) is 22.7 Å². The van der Waals surface area contributed by atoms with E-state index in [4.69, 9.17) is 4.74 Å². The van der Waals surface area contributed by atoms with Crippen LogP contribution in [0.4, 0.5) is 0 Å². The van der Waals surface area contributed by atoms with Crippen molar-refractivity contribution in [2.45, 2.75) is 31.3 Å². The number of aryl methyl sites for hydroxylation is 2. The van der Waals surface area contributed by atoms with Crippen molar-refractivity contribution < 1.29 is 13.2 Å². The summed E-state index contributed by atoms with van der Waals surface area (Å²) in [6.07, 6.45) is 1.21. The number of aromatic nitrogens is 2. The molecule has 1 aromatic heterocycles. The largest absolute Gasteiger partial charge is 0.481 e. The minimum atomic E-state index is -3.16.